The van der Waals surface area contributed by atoms with Crippen molar-refractivity contribution in [1.29, 1.82) is 0 Å². The number of hydrogen-bond acceptors (Lipinski definition) is 2. The van der Waals surface area contributed by atoms with Crippen molar-refractivity contribution in [2.75, 3.05) is 6.54 Å². The number of nitrogens with two attached hydrogens (primary N) is 1. The zero-order valence-electron chi connectivity index (χ0n) is 10.7. The summed E-state index contributed by atoms with van der Waals surface area (Å²) in [7, 11) is 0. The summed E-state index contributed by atoms with van der Waals surface area (Å²) in [5, 5.41) is 0. The summed E-state index contributed by atoms with van der Waals surface area (Å²) in [6.45, 7) is 4.58. The van der Waals surface area contributed by atoms with Crippen molar-refractivity contribution in [3.05, 3.63) is 11.6 Å². The standard InChI is InChI=1S/C13H22N2O2/c1-3-6-10(2)13(17)15-8-5-4-7-11(15)9-12(14)16/h6,11H,3-5,7-9H2,1-2H3,(H2,14,16)/b10-6-/t11-/m1/s1. The fraction of sp³-hybridized carbons (Fsp3) is 0.692. The fourth-order valence-corrected chi connectivity index (χ4v) is 2.33. The third-order valence-corrected chi connectivity index (χ3v) is 3.17. The van der Waals surface area contributed by atoms with Gasteiger partial charge in [-0.05, 0) is 32.6 Å². The monoisotopic (exact) mass is 238 g/mol. The minimum absolute atomic E-state index is 0.00560. The average Bonchev–Trinajstić information content (AvgIpc) is 2.28. The minimum Gasteiger partial charge on any atom is -0.370 e. The zero-order chi connectivity index (χ0) is 12.8. The smallest absolute Gasteiger partial charge is 0.249 e. The van der Waals surface area contributed by atoms with Gasteiger partial charge in [-0.2, -0.15) is 0 Å². The highest BCUT2D eigenvalue weighted by Gasteiger charge is 2.28. The summed E-state index contributed by atoms with van der Waals surface area (Å²) in [5.41, 5.74) is 6.00. The van der Waals surface area contributed by atoms with Gasteiger partial charge in [0.1, 0.15) is 0 Å². The lowest BCUT2D eigenvalue weighted by Crippen LogP contribution is -2.45. The largest absolute Gasteiger partial charge is 0.370 e. The van der Waals surface area contributed by atoms with E-state index in [0.717, 1.165) is 37.8 Å². The first-order chi connectivity index (χ1) is 8.06. The van der Waals surface area contributed by atoms with E-state index in [-0.39, 0.29) is 24.3 Å². The SMILES string of the molecule is CC/C=C(/C)C(=O)N1CCCC[C@@H]1CC(N)=O. The molecule has 4 heteroatoms. The van der Waals surface area contributed by atoms with Gasteiger partial charge in [0.2, 0.25) is 11.8 Å². The highest BCUT2D eigenvalue weighted by atomic mass is 16.2. The number of likely N-dealkylation sites (tertiary alicyclic amines) is 1. The first-order valence-corrected chi connectivity index (χ1v) is 6.32. The summed E-state index contributed by atoms with van der Waals surface area (Å²) in [6, 6.07) is -0.00560. The molecule has 0 aromatic rings. The summed E-state index contributed by atoms with van der Waals surface area (Å²) < 4.78 is 0. The molecule has 17 heavy (non-hydrogen) atoms. The van der Waals surface area contributed by atoms with Crippen molar-refractivity contribution in [2.45, 2.75) is 52.0 Å². The van der Waals surface area contributed by atoms with Gasteiger partial charge in [0.05, 0.1) is 0 Å². The number of carbonyl (C=O) groups is 2. The van der Waals surface area contributed by atoms with Crippen molar-refractivity contribution in [1.82, 2.24) is 4.90 Å². The zero-order valence-corrected chi connectivity index (χ0v) is 10.7. The Balaban J connectivity index is 2.73. The molecule has 2 N–H and O–H groups in total. The molecule has 1 saturated heterocycles. The molecule has 0 saturated carbocycles. The first kappa shape index (κ1) is 13.7. The van der Waals surface area contributed by atoms with Crippen LogP contribution in [0.4, 0.5) is 0 Å². The summed E-state index contributed by atoms with van der Waals surface area (Å²) in [4.78, 5) is 25.0. The summed E-state index contributed by atoms with van der Waals surface area (Å²) in [5.74, 6) is -0.273. The molecule has 0 spiro atoms. The van der Waals surface area contributed by atoms with Crippen LogP contribution in [0.15, 0.2) is 11.6 Å². The molecule has 0 unspecified atom stereocenters. The highest BCUT2D eigenvalue weighted by Crippen LogP contribution is 2.21. The maximum absolute atomic E-state index is 12.2. The van der Waals surface area contributed by atoms with Crippen molar-refractivity contribution >= 4 is 11.8 Å². The summed E-state index contributed by atoms with van der Waals surface area (Å²) in [6.07, 6.45) is 6.03. The van der Waals surface area contributed by atoms with Crippen LogP contribution in [0.5, 0.6) is 0 Å². The molecular formula is C13H22N2O2. The van der Waals surface area contributed by atoms with Gasteiger partial charge < -0.3 is 10.6 Å². The van der Waals surface area contributed by atoms with E-state index in [1.165, 1.54) is 0 Å². The molecule has 96 valence electrons. The number of nitrogens with zero attached hydrogens (tertiary/aromatic N) is 1. The lowest BCUT2D eigenvalue weighted by atomic mass is 9.98. The molecule has 0 bridgehead atoms. The Morgan fingerprint density at radius 2 is 2.12 bits per heavy atom. The quantitative estimate of drug-likeness (QED) is 0.756. The molecule has 1 aliphatic heterocycles. The minimum atomic E-state index is -0.327. The van der Waals surface area contributed by atoms with Crippen LogP contribution in [0, 0.1) is 0 Å². The van der Waals surface area contributed by atoms with E-state index in [2.05, 4.69) is 0 Å². The molecule has 1 heterocycles. The second kappa shape index (κ2) is 6.42. The Morgan fingerprint density at radius 3 is 2.71 bits per heavy atom. The van der Waals surface area contributed by atoms with Crippen LogP contribution in [0.2, 0.25) is 0 Å². The van der Waals surface area contributed by atoms with E-state index in [1.54, 1.807) is 0 Å². The topological polar surface area (TPSA) is 63.4 Å². The highest BCUT2D eigenvalue weighted by molar-refractivity contribution is 5.93. The van der Waals surface area contributed by atoms with E-state index < -0.39 is 0 Å². The van der Waals surface area contributed by atoms with Crippen LogP contribution < -0.4 is 5.73 Å². The average molecular weight is 238 g/mol. The fourth-order valence-electron chi connectivity index (χ4n) is 2.33. The van der Waals surface area contributed by atoms with Gasteiger partial charge in [-0.25, -0.2) is 0 Å². The second-order valence-corrected chi connectivity index (χ2v) is 4.61. The van der Waals surface area contributed by atoms with E-state index in [9.17, 15) is 9.59 Å². The van der Waals surface area contributed by atoms with Gasteiger partial charge in [-0.1, -0.05) is 13.0 Å². The van der Waals surface area contributed by atoms with Gasteiger partial charge in [-0.15, -0.1) is 0 Å². The number of amides is 2. The van der Waals surface area contributed by atoms with Crippen LogP contribution in [0.3, 0.4) is 0 Å². The molecule has 0 radical (unpaired) electrons. The van der Waals surface area contributed by atoms with Gasteiger partial charge in [-0.3, -0.25) is 9.59 Å². The van der Waals surface area contributed by atoms with Crippen molar-refractivity contribution in [3.8, 4) is 0 Å². The van der Waals surface area contributed by atoms with Gasteiger partial charge in [0, 0.05) is 24.6 Å². The van der Waals surface area contributed by atoms with Crippen molar-refractivity contribution in [2.24, 2.45) is 5.73 Å². The third-order valence-electron chi connectivity index (χ3n) is 3.17. The molecule has 4 nitrogen and oxygen atoms in total. The van der Waals surface area contributed by atoms with Gasteiger partial charge >= 0.3 is 0 Å². The number of piperidine rings is 1. The maximum atomic E-state index is 12.2. The van der Waals surface area contributed by atoms with Crippen LogP contribution in [0.1, 0.15) is 46.0 Å². The Bertz CT molecular complexity index is 323. The molecule has 0 aliphatic carbocycles. The Hall–Kier alpha value is -1.32. The number of rotatable bonds is 4. The number of allylic oxidation sites excluding steroid dienone is 1. The lowest BCUT2D eigenvalue weighted by Gasteiger charge is -2.35. The molecule has 1 aliphatic rings. The van der Waals surface area contributed by atoms with E-state index in [0.29, 0.717) is 0 Å². The lowest BCUT2D eigenvalue weighted by molar-refractivity contribution is -0.132. The normalized spacial score (nSPS) is 21.4. The van der Waals surface area contributed by atoms with Gasteiger partial charge in [0.15, 0.2) is 0 Å². The number of hydrogen-bond donors (Lipinski definition) is 1. The van der Waals surface area contributed by atoms with E-state index in [1.807, 2.05) is 24.8 Å². The first-order valence-electron chi connectivity index (χ1n) is 6.32. The number of carbonyl (C=O) groups excluding carboxylic acids is 2. The molecule has 1 fully saturated rings. The molecule has 0 aromatic heterocycles. The van der Waals surface area contributed by atoms with Gasteiger partial charge in [0.25, 0.3) is 0 Å². The van der Waals surface area contributed by atoms with E-state index in [4.69, 9.17) is 5.73 Å². The van der Waals surface area contributed by atoms with Crippen LogP contribution >= 0.6 is 0 Å². The van der Waals surface area contributed by atoms with Crippen LogP contribution in [0.25, 0.3) is 0 Å². The maximum Gasteiger partial charge on any atom is 0.249 e. The molecule has 0 aromatic carbocycles. The molecule has 1 atom stereocenters. The molecule has 2 amide bonds. The van der Waals surface area contributed by atoms with Crippen LogP contribution in [-0.4, -0.2) is 29.3 Å². The summed E-state index contributed by atoms with van der Waals surface area (Å²) >= 11 is 0. The Kier molecular flexibility index (Phi) is 5.19. The Labute approximate surface area is 103 Å². The number of primary amides is 1. The molecular weight excluding hydrogens is 216 g/mol. The molecule has 1 rings (SSSR count). The predicted octanol–water partition coefficient (Wildman–Crippen LogP) is 1.60. The van der Waals surface area contributed by atoms with Crippen LogP contribution in [-0.2, 0) is 9.59 Å². The predicted molar refractivity (Wildman–Crippen MR) is 67.2 cm³/mol. The second-order valence-electron chi connectivity index (χ2n) is 4.61. The Morgan fingerprint density at radius 1 is 1.41 bits per heavy atom. The van der Waals surface area contributed by atoms with Crippen molar-refractivity contribution in [3.63, 3.8) is 0 Å². The van der Waals surface area contributed by atoms with Crippen molar-refractivity contribution < 1.29 is 9.59 Å². The third kappa shape index (κ3) is 3.88. The van der Waals surface area contributed by atoms with E-state index >= 15 is 0 Å².